The van der Waals surface area contributed by atoms with E-state index in [0.717, 1.165) is 22.3 Å². The highest BCUT2D eigenvalue weighted by Gasteiger charge is 2.27. The molecular formula is C11H17N3S2. The molecule has 0 radical (unpaired) electrons. The number of hydrogen-bond acceptors (Lipinski definition) is 5. The van der Waals surface area contributed by atoms with Crippen LogP contribution in [0.15, 0.2) is 16.6 Å². The molecule has 0 saturated carbocycles. The van der Waals surface area contributed by atoms with Crippen molar-refractivity contribution in [2.24, 2.45) is 4.99 Å². The van der Waals surface area contributed by atoms with Gasteiger partial charge in [0.2, 0.25) is 0 Å². The third-order valence-electron chi connectivity index (χ3n) is 2.57. The molecule has 0 aromatic carbocycles. The molecule has 16 heavy (non-hydrogen) atoms. The standard InChI is InChI=1S/C11H17N3S2/c1-4-8-7-16-10(13-8)14-11(2,3)9-12-5-6-15-9/h5-6,8H,4,7H2,1-3H3,(H,13,14). The largest absolute Gasteiger partial charge is 0.354 e. The van der Waals surface area contributed by atoms with E-state index in [2.05, 4.69) is 36.1 Å². The van der Waals surface area contributed by atoms with Gasteiger partial charge in [-0.15, -0.1) is 11.3 Å². The summed E-state index contributed by atoms with van der Waals surface area (Å²) < 4.78 is 0. The predicted molar refractivity (Wildman–Crippen MR) is 72.2 cm³/mol. The first-order chi connectivity index (χ1) is 7.62. The van der Waals surface area contributed by atoms with Crippen LogP contribution in [0.2, 0.25) is 0 Å². The fourth-order valence-corrected chi connectivity index (χ4v) is 3.48. The van der Waals surface area contributed by atoms with Crippen molar-refractivity contribution in [3.05, 3.63) is 16.6 Å². The number of nitrogens with zero attached hydrogens (tertiary/aromatic N) is 2. The van der Waals surface area contributed by atoms with Gasteiger partial charge in [0.05, 0.1) is 11.6 Å². The molecule has 0 spiro atoms. The molecule has 1 N–H and O–H groups in total. The van der Waals surface area contributed by atoms with Crippen LogP contribution in [0.5, 0.6) is 0 Å². The van der Waals surface area contributed by atoms with Gasteiger partial charge in [-0.3, -0.25) is 4.99 Å². The van der Waals surface area contributed by atoms with E-state index in [1.807, 2.05) is 23.3 Å². The highest BCUT2D eigenvalue weighted by molar-refractivity contribution is 8.14. The maximum Gasteiger partial charge on any atom is 0.157 e. The number of thioether (sulfide) groups is 1. The van der Waals surface area contributed by atoms with Gasteiger partial charge in [0.15, 0.2) is 5.17 Å². The highest BCUT2D eigenvalue weighted by Crippen LogP contribution is 2.26. The Kier molecular flexibility index (Phi) is 3.54. The van der Waals surface area contributed by atoms with E-state index in [9.17, 15) is 0 Å². The monoisotopic (exact) mass is 255 g/mol. The minimum atomic E-state index is -0.122. The Morgan fingerprint density at radius 1 is 1.56 bits per heavy atom. The highest BCUT2D eigenvalue weighted by atomic mass is 32.2. The minimum absolute atomic E-state index is 0.122. The van der Waals surface area contributed by atoms with Gasteiger partial charge in [-0.25, -0.2) is 4.98 Å². The molecule has 0 bridgehead atoms. The Bertz CT molecular complexity index is 371. The molecule has 5 heteroatoms. The van der Waals surface area contributed by atoms with E-state index in [-0.39, 0.29) is 5.54 Å². The lowest BCUT2D eigenvalue weighted by atomic mass is 10.1. The van der Waals surface area contributed by atoms with Gasteiger partial charge in [-0.1, -0.05) is 18.7 Å². The lowest BCUT2D eigenvalue weighted by Crippen LogP contribution is -2.39. The Labute approximate surface area is 105 Å². The number of nitrogens with one attached hydrogen (secondary N) is 1. The summed E-state index contributed by atoms with van der Waals surface area (Å²) in [6.45, 7) is 6.48. The third kappa shape index (κ3) is 2.58. The summed E-state index contributed by atoms with van der Waals surface area (Å²) in [6, 6.07) is 0.486. The molecule has 1 aliphatic rings. The zero-order chi connectivity index (χ0) is 11.6. The van der Waals surface area contributed by atoms with E-state index in [0.29, 0.717) is 6.04 Å². The number of rotatable bonds is 3. The predicted octanol–water partition coefficient (Wildman–Crippen LogP) is 2.85. The number of aromatic nitrogens is 1. The summed E-state index contributed by atoms with van der Waals surface area (Å²) in [5.41, 5.74) is -0.122. The molecule has 1 aliphatic heterocycles. The zero-order valence-electron chi connectivity index (χ0n) is 9.86. The van der Waals surface area contributed by atoms with E-state index < -0.39 is 0 Å². The number of hydrogen-bond donors (Lipinski definition) is 1. The van der Waals surface area contributed by atoms with Crippen molar-refractivity contribution in [1.29, 1.82) is 0 Å². The lowest BCUT2D eigenvalue weighted by molar-refractivity contribution is 0.486. The second kappa shape index (κ2) is 4.75. The van der Waals surface area contributed by atoms with Gasteiger partial charge in [-0.2, -0.15) is 0 Å². The van der Waals surface area contributed by atoms with Gasteiger partial charge < -0.3 is 5.32 Å². The Morgan fingerprint density at radius 3 is 2.94 bits per heavy atom. The van der Waals surface area contributed by atoms with Crippen molar-refractivity contribution in [3.8, 4) is 0 Å². The lowest BCUT2D eigenvalue weighted by Gasteiger charge is -2.24. The fourth-order valence-electron chi connectivity index (χ4n) is 1.55. The molecule has 88 valence electrons. The topological polar surface area (TPSA) is 37.3 Å². The van der Waals surface area contributed by atoms with Crippen LogP contribution < -0.4 is 5.32 Å². The third-order valence-corrected chi connectivity index (χ3v) is 4.70. The van der Waals surface area contributed by atoms with E-state index in [1.165, 1.54) is 0 Å². The summed E-state index contributed by atoms with van der Waals surface area (Å²) in [7, 11) is 0. The first-order valence-electron chi connectivity index (χ1n) is 5.50. The molecule has 1 unspecified atom stereocenters. The van der Waals surface area contributed by atoms with Gasteiger partial charge in [-0.05, 0) is 20.3 Å². The van der Waals surface area contributed by atoms with Crippen molar-refractivity contribution < 1.29 is 0 Å². The SMILES string of the molecule is CCC1CSC(NC(C)(C)c2nccs2)=N1. The van der Waals surface area contributed by atoms with Crippen molar-refractivity contribution in [1.82, 2.24) is 10.3 Å². The van der Waals surface area contributed by atoms with Crippen molar-refractivity contribution in [2.75, 3.05) is 5.75 Å². The molecule has 1 atom stereocenters. The molecule has 0 saturated heterocycles. The Hall–Kier alpha value is -0.550. The molecular weight excluding hydrogens is 238 g/mol. The average molecular weight is 255 g/mol. The number of thiazole rings is 1. The average Bonchev–Trinajstić information content (AvgIpc) is 2.86. The van der Waals surface area contributed by atoms with Crippen LogP contribution >= 0.6 is 23.1 Å². The van der Waals surface area contributed by atoms with Crippen LogP contribution in [0, 0.1) is 0 Å². The maximum absolute atomic E-state index is 4.65. The van der Waals surface area contributed by atoms with Crippen molar-refractivity contribution in [2.45, 2.75) is 38.8 Å². The van der Waals surface area contributed by atoms with E-state index in [1.54, 1.807) is 11.3 Å². The van der Waals surface area contributed by atoms with Crippen molar-refractivity contribution in [3.63, 3.8) is 0 Å². The summed E-state index contributed by atoms with van der Waals surface area (Å²) in [4.78, 5) is 9.01. The van der Waals surface area contributed by atoms with E-state index in [4.69, 9.17) is 0 Å². The molecule has 2 rings (SSSR count). The van der Waals surface area contributed by atoms with Crippen LogP contribution in [0.1, 0.15) is 32.2 Å². The van der Waals surface area contributed by atoms with Crippen LogP contribution in [0.4, 0.5) is 0 Å². The maximum atomic E-state index is 4.65. The summed E-state index contributed by atoms with van der Waals surface area (Å²) >= 11 is 3.50. The molecule has 1 aromatic rings. The Morgan fingerprint density at radius 2 is 2.38 bits per heavy atom. The van der Waals surface area contributed by atoms with E-state index >= 15 is 0 Å². The summed E-state index contributed by atoms with van der Waals surface area (Å²) in [5.74, 6) is 1.10. The minimum Gasteiger partial charge on any atom is -0.354 e. The summed E-state index contributed by atoms with van der Waals surface area (Å²) in [6.07, 6.45) is 2.97. The van der Waals surface area contributed by atoms with Crippen LogP contribution in [0.3, 0.4) is 0 Å². The second-order valence-electron chi connectivity index (χ2n) is 4.39. The first kappa shape index (κ1) is 11.9. The zero-order valence-corrected chi connectivity index (χ0v) is 11.5. The number of aliphatic imine (C=N–C) groups is 1. The quantitative estimate of drug-likeness (QED) is 0.902. The molecule has 0 amide bonds. The Balaban J connectivity index is 2.05. The molecule has 1 aromatic heterocycles. The molecule has 3 nitrogen and oxygen atoms in total. The molecule has 2 heterocycles. The fraction of sp³-hybridized carbons (Fsp3) is 0.636. The van der Waals surface area contributed by atoms with Gasteiger partial charge in [0, 0.05) is 17.3 Å². The summed E-state index contributed by atoms with van der Waals surface area (Å²) in [5, 5.41) is 7.66. The smallest absolute Gasteiger partial charge is 0.157 e. The first-order valence-corrected chi connectivity index (χ1v) is 7.37. The normalized spacial score (nSPS) is 20.9. The molecule has 0 aliphatic carbocycles. The van der Waals surface area contributed by atoms with Gasteiger partial charge >= 0.3 is 0 Å². The van der Waals surface area contributed by atoms with Crippen molar-refractivity contribution >= 4 is 28.3 Å². The second-order valence-corrected chi connectivity index (χ2v) is 6.30. The molecule has 0 fully saturated rings. The van der Waals surface area contributed by atoms with Crippen LogP contribution in [-0.2, 0) is 5.54 Å². The van der Waals surface area contributed by atoms with Crippen LogP contribution in [-0.4, -0.2) is 21.9 Å². The van der Waals surface area contributed by atoms with Gasteiger partial charge in [0.1, 0.15) is 5.01 Å². The van der Waals surface area contributed by atoms with Crippen LogP contribution in [0.25, 0.3) is 0 Å². The number of amidine groups is 1. The van der Waals surface area contributed by atoms with Gasteiger partial charge in [0.25, 0.3) is 0 Å².